The number of aromatic nitrogens is 4. The predicted molar refractivity (Wildman–Crippen MR) is 109 cm³/mol. The quantitative estimate of drug-likeness (QED) is 0.712. The van der Waals surface area contributed by atoms with Gasteiger partial charge in [-0.3, -0.25) is 4.79 Å². The van der Waals surface area contributed by atoms with Gasteiger partial charge in [0.05, 0.1) is 11.9 Å². The number of rotatable bonds is 6. The topological polar surface area (TPSA) is 74.0 Å². The van der Waals surface area contributed by atoms with Gasteiger partial charge in [-0.1, -0.05) is 6.92 Å². The number of hydrogen-bond donors (Lipinski definition) is 1. The molecule has 3 aromatic heterocycles. The van der Waals surface area contributed by atoms with Gasteiger partial charge in [0, 0.05) is 61.6 Å². The van der Waals surface area contributed by atoms with E-state index in [1.54, 1.807) is 21.4 Å². The number of nitrogens with one attached hydrogen (secondary N) is 1. The van der Waals surface area contributed by atoms with Crippen LogP contribution in [0.5, 0.6) is 0 Å². The van der Waals surface area contributed by atoms with Gasteiger partial charge < -0.3 is 14.6 Å². The van der Waals surface area contributed by atoms with E-state index in [1.807, 2.05) is 36.9 Å². The molecule has 0 aromatic carbocycles. The largest absolute Gasteiger partial charge is 0.381 e. The second-order valence-electron chi connectivity index (χ2n) is 7.06. The van der Waals surface area contributed by atoms with Crippen LogP contribution in [0.3, 0.4) is 0 Å². The first-order chi connectivity index (χ1) is 13.7. The van der Waals surface area contributed by atoms with Crippen LogP contribution in [-0.2, 0) is 11.3 Å². The normalized spacial score (nSPS) is 14.9. The van der Waals surface area contributed by atoms with Crippen molar-refractivity contribution in [2.24, 2.45) is 0 Å². The number of nitrogens with zero attached hydrogens (tertiary/aromatic N) is 4. The van der Waals surface area contributed by atoms with E-state index < -0.39 is 0 Å². The molecule has 1 aliphatic rings. The Balaban J connectivity index is 1.49. The molecule has 0 bridgehead atoms. The van der Waals surface area contributed by atoms with Gasteiger partial charge in [0.15, 0.2) is 0 Å². The highest BCUT2D eigenvalue weighted by Gasteiger charge is 2.14. The van der Waals surface area contributed by atoms with E-state index in [4.69, 9.17) is 4.74 Å². The maximum atomic E-state index is 11.9. The fourth-order valence-electron chi connectivity index (χ4n) is 3.38. The molecule has 28 heavy (non-hydrogen) atoms. The average molecular weight is 379 g/mol. The van der Waals surface area contributed by atoms with Crippen LogP contribution in [0.2, 0.25) is 0 Å². The van der Waals surface area contributed by atoms with Crippen LogP contribution in [0.15, 0.2) is 53.8 Å². The highest BCUT2D eigenvalue weighted by Crippen LogP contribution is 2.21. The van der Waals surface area contributed by atoms with Gasteiger partial charge in [-0.25, -0.2) is 9.67 Å². The van der Waals surface area contributed by atoms with E-state index in [0.717, 1.165) is 55.1 Å². The molecule has 1 fully saturated rings. The maximum absolute atomic E-state index is 11.9. The van der Waals surface area contributed by atoms with E-state index in [9.17, 15) is 4.79 Å². The Labute approximate surface area is 164 Å². The molecular formula is C21H25N5O2. The molecule has 0 atom stereocenters. The van der Waals surface area contributed by atoms with Gasteiger partial charge in [0.2, 0.25) is 0 Å². The van der Waals surface area contributed by atoms with Crippen molar-refractivity contribution < 1.29 is 4.74 Å². The molecule has 0 saturated carbocycles. The van der Waals surface area contributed by atoms with Crippen molar-refractivity contribution in [2.45, 2.75) is 38.8 Å². The number of anilines is 1. The van der Waals surface area contributed by atoms with Gasteiger partial charge in [-0.15, -0.1) is 0 Å². The Morgan fingerprint density at radius 1 is 1.11 bits per heavy atom. The van der Waals surface area contributed by atoms with Crippen LogP contribution >= 0.6 is 0 Å². The highest BCUT2D eigenvalue weighted by molar-refractivity contribution is 5.62. The monoisotopic (exact) mass is 379 g/mol. The lowest BCUT2D eigenvalue weighted by Gasteiger charge is -2.23. The lowest BCUT2D eigenvalue weighted by molar-refractivity contribution is 0.0904. The van der Waals surface area contributed by atoms with Crippen molar-refractivity contribution in [3.05, 3.63) is 59.4 Å². The fraction of sp³-hybridized carbons (Fsp3) is 0.381. The second kappa shape index (κ2) is 8.39. The number of pyridine rings is 2. The summed E-state index contributed by atoms with van der Waals surface area (Å²) in [5.41, 5.74) is 2.86. The number of ether oxygens (including phenoxy) is 1. The van der Waals surface area contributed by atoms with Crippen molar-refractivity contribution in [2.75, 3.05) is 18.5 Å². The summed E-state index contributed by atoms with van der Waals surface area (Å²) in [6.45, 7) is 4.37. The van der Waals surface area contributed by atoms with Gasteiger partial charge in [-0.2, -0.15) is 5.10 Å². The minimum absolute atomic E-state index is 0.00907. The van der Waals surface area contributed by atoms with Crippen LogP contribution in [0.25, 0.3) is 16.8 Å². The Bertz CT molecular complexity index is 971. The van der Waals surface area contributed by atoms with Crippen molar-refractivity contribution in [1.82, 2.24) is 19.3 Å². The van der Waals surface area contributed by atoms with Gasteiger partial charge in [0.25, 0.3) is 5.56 Å². The molecular weight excluding hydrogens is 354 g/mol. The minimum atomic E-state index is 0.00907. The van der Waals surface area contributed by atoms with Crippen molar-refractivity contribution in [1.29, 1.82) is 0 Å². The standard InChI is InChI=1S/C21H25N5O2/c1-2-9-25-15-19(4-6-21(25)27)26-14-17(13-23-26)16-3-5-20(22-12-16)24-18-7-10-28-11-8-18/h3-6,12-15,18H,2,7-11H2,1H3,(H,22,24). The van der Waals surface area contributed by atoms with Gasteiger partial charge >= 0.3 is 0 Å². The van der Waals surface area contributed by atoms with Crippen LogP contribution in [0.4, 0.5) is 5.82 Å². The first-order valence-electron chi connectivity index (χ1n) is 9.79. The van der Waals surface area contributed by atoms with Crippen LogP contribution in [0.1, 0.15) is 26.2 Å². The first-order valence-corrected chi connectivity index (χ1v) is 9.79. The van der Waals surface area contributed by atoms with Crippen LogP contribution < -0.4 is 10.9 Å². The fourth-order valence-corrected chi connectivity index (χ4v) is 3.38. The van der Waals surface area contributed by atoms with Crippen LogP contribution in [0, 0.1) is 0 Å². The minimum Gasteiger partial charge on any atom is -0.381 e. The average Bonchev–Trinajstić information content (AvgIpc) is 3.21. The highest BCUT2D eigenvalue weighted by atomic mass is 16.5. The molecule has 4 heterocycles. The zero-order valence-electron chi connectivity index (χ0n) is 16.0. The predicted octanol–water partition coefficient (Wildman–Crippen LogP) is 3.10. The summed E-state index contributed by atoms with van der Waals surface area (Å²) >= 11 is 0. The Morgan fingerprint density at radius 2 is 1.96 bits per heavy atom. The van der Waals surface area contributed by atoms with Crippen LogP contribution in [-0.4, -0.2) is 38.6 Å². The Morgan fingerprint density at radius 3 is 2.71 bits per heavy atom. The summed E-state index contributed by atoms with van der Waals surface area (Å²) < 4.78 is 8.90. The van der Waals surface area contributed by atoms with E-state index in [0.29, 0.717) is 12.6 Å². The number of aryl methyl sites for hydroxylation is 1. The number of hydrogen-bond acceptors (Lipinski definition) is 5. The first kappa shape index (κ1) is 18.4. The van der Waals surface area contributed by atoms with E-state index in [-0.39, 0.29) is 5.56 Å². The third kappa shape index (κ3) is 4.14. The molecule has 1 saturated heterocycles. The van der Waals surface area contributed by atoms with Gasteiger partial charge in [-0.05, 0) is 37.5 Å². The van der Waals surface area contributed by atoms with E-state index >= 15 is 0 Å². The molecule has 0 radical (unpaired) electrons. The molecule has 3 aromatic rings. The molecule has 0 spiro atoms. The van der Waals surface area contributed by atoms with Crippen molar-refractivity contribution in [3.8, 4) is 16.8 Å². The molecule has 1 aliphatic heterocycles. The molecule has 7 nitrogen and oxygen atoms in total. The lowest BCUT2D eigenvalue weighted by atomic mass is 10.1. The zero-order valence-corrected chi connectivity index (χ0v) is 16.0. The van der Waals surface area contributed by atoms with E-state index in [1.165, 1.54) is 0 Å². The smallest absolute Gasteiger partial charge is 0.250 e. The molecule has 0 amide bonds. The zero-order chi connectivity index (χ0) is 19.3. The summed E-state index contributed by atoms with van der Waals surface area (Å²) in [6, 6.07) is 7.86. The summed E-state index contributed by atoms with van der Waals surface area (Å²) in [6.07, 6.45) is 10.4. The van der Waals surface area contributed by atoms with Crippen molar-refractivity contribution >= 4 is 5.82 Å². The third-order valence-electron chi connectivity index (χ3n) is 4.95. The van der Waals surface area contributed by atoms with Crippen molar-refractivity contribution in [3.63, 3.8) is 0 Å². The molecule has 1 N–H and O–H groups in total. The molecule has 0 aliphatic carbocycles. The molecule has 146 valence electrons. The summed E-state index contributed by atoms with van der Waals surface area (Å²) in [4.78, 5) is 16.5. The summed E-state index contributed by atoms with van der Waals surface area (Å²) in [5.74, 6) is 0.884. The summed E-state index contributed by atoms with van der Waals surface area (Å²) in [7, 11) is 0. The lowest BCUT2D eigenvalue weighted by Crippen LogP contribution is -2.28. The maximum Gasteiger partial charge on any atom is 0.250 e. The molecule has 0 unspecified atom stereocenters. The Hall–Kier alpha value is -2.93. The molecule has 7 heteroatoms. The SMILES string of the molecule is CCCn1cc(-n2cc(-c3ccc(NC4CCOCC4)nc3)cn2)ccc1=O. The van der Waals surface area contributed by atoms with Gasteiger partial charge in [0.1, 0.15) is 5.82 Å². The third-order valence-corrected chi connectivity index (χ3v) is 4.95. The second-order valence-corrected chi connectivity index (χ2v) is 7.06. The Kier molecular flexibility index (Phi) is 5.53. The molecule has 4 rings (SSSR count). The summed E-state index contributed by atoms with van der Waals surface area (Å²) in [5, 5.41) is 7.92. The van der Waals surface area contributed by atoms with E-state index in [2.05, 4.69) is 22.3 Å².